The molecule has 0 spiro atoms. The van der Waals surface area contributed by atoms with E-state index in [2.05, 4.69) is 5.48 Å². The third-order valence-electron chi connectivity index (χ3n) is 4.11. The number of carbonyl (C=O) groups is 2. The third-order valence-corrected chi connectivity index (χ3v) is 4.11. The Kier molecular flexibility index (Phi) is 5.19. The molecule has 1 aliphatic carbocycles. The van der Waals surface area contributed by atoms with Crippen molar-refractivity contribution < 1.29 is 14.4 Å². The summed E-state index contributed by atoms with van der Waals surface area (Å²) in [6.45, 7) is 2.82. The Morgan fingerprint density at radius 1 is 1.32 bits per heavy atom. The Balaban J connectivity index is 1.89. The van der Waals surface area contributed by atoms with Crippen molar-refractivity contribution >= 4 is 11.8 Å². The maximum absolute atomic E-state index is 12.1. The van der Waals surface area contributed by atoms with E-state index < -0.39 is 0 Å². The Labute approximate surface area is 114 Å². The number of nitrogens with one attached hydrogen (secondary N) is 1. The highest BCUT2D eigenvalue weighted by atomic mass is 16.6. The molecule has 0 aromatic rings. The first kappa shape index (κ1) is 14.3. The number of hydrogen-bond donors (Lipinski definition) is 1. The molecule has 0 aromatic carbocycles. The van der Waals surface area contributed by atoms with Crippen LogP contribution in [0.2, 0.25) is 0 Å². The van der Waals surface area contributed by atoms with Crippen molar-refractivity contribution in [2.45, 2.75) is 57.9 Å². The molecule has 1 saturated heterocycles. The van der Waals surface area contributed by atoms with Crippen LogP contribution in [-0.4, -0.2) is 35.9 Å². The summed E-state index contributed by atoms with van der Waals surface area (Å²) in [5, 5.41) is 0. The van der Waals surface area contributed by atoms with Gasteiger partial charge >= 0.3 is 0 Å². The quantitative estimate of drug-likeness (QED) is 0.622. The first-order valence-electron chi connectivity index (χ1n) is 7.43. The van der Waals surface area contributed by atoms with Gasteiger partial charge in [0.15, 0.2) is 0 Å². The molecule has 0 aromatic heterocycles. The van der Waals surface area contributed by atoms with Crippen LogP contribution in [-0.2, 0) is 14.4 Å². The first-order valence-corrected chi connectivity index (χ1v) is 7.43. The van der Waals surface area contributed by atoms with Crippen LogP contribution in [0.25, 0.3) is 0 Å². The highest BCUT2D eigenvalue weighted by molar-refractivity contribution is 5.88. The van der Waals surface area contributed by atoms with E-state index in [9.17, 15) is 9.59 Å². The standard InChI is InChI=1S/C14H24N2O3/c1-2-19-15-14(18)11-9-13(17)16(10-11)12-7-5-3-4-6-8-12/h11-12H,2-10H2,1H3,(H,15,18)/t11-/m1/s1. The van der Waals surface area contributed by atoms with Gasteiger partial charge in [0.1, 0.15) is 0 Å². The molecule has 1 saturated carbocycles. The van der Waals surface area contributed by atoms with E-state index in [1.165, 1.54) is 25.7 Å². The average Bonchev–Trinajstić information content (AvgIpc) is 2.64. The molecule has 5 heteroatoms. The van der Waals surface area contributed by atoms with E-state index in [-0.39, 0.29) is 17.7 Å². The molecule has 0 radical (unpaired) electrons. The molecule has 2 amide bonds. The zero-order valence-electron chi connectivity index (χ0n) is 11.7. The molecule has 1 N–H and O–H groups in total. The maximum Gasteiger partial charge on any atom is 0.248 e. The zero-order chi connectivity index (χ0) is 13.7. The van der Waals surface area contributed by atoms with Crippen molar-refractivity contribution in [2.75, 3.05) is 13.2 Å². The minimum absolute atomic E-state index is 0.128. The summed E-state index contributed by atoms with van der Waals surface area (Å²) in [5.74, 6) is -0.280. The highest BCUT2D eigenvalue weighted by Gasteiger charge is 2.37. The molecular weight excluding hydrogens is 244 g/mol. The van der Waals surface area contributed by atoms with Crippen LogP contribution in [0.3, 0.4) is 0 Å². The second-order valence-electron chi connectivity index (χ2n) is 5.49. The van der Waals surface area contributed by atoms with Crippen molar-refractivity contribution in [3.8, 4) is 0 Å². The fraction of sp³-hybridized carbons (Fsp3) is 0.857. The third kappa shape index (κ3) is 3.69. The van der Waals surface area contributed by atoms with Gasteiger partial charge in [-0.05, 0) is 19.8 Å². The highest BCUT2D eigenvalue weighted by Crippen LogP contribution is 2.28. The fourth-order valence-corrected chi connectivity index (χ4v) is 3.06. The summed E-state index contributed by atoms with van der Waals surface area (Å²) >= 11 is 0. The van der Waals surface area contributed by atoms with Gasteiger partial charge in [-0.2, -0.15) is 0 Å². The Morgan fingerprint density at radius 3 is 2.63 bits per heavy atom. The average molecular weight is 268 g/mol. The smallest absolute Gasteiger partial charge is 0.248 e. The lowest BCUT2D eigenvalue weighted by atomic mass is 10.1. The monoisotopic (exact) mass is 268 g/mol. The number of likely N-dealkylation sites (tertiary alicyclic amines) is 1. The number of amides is 2. The fourth-order valence-electron chi connectivity index (χ4n) is 3.06. The number of rotatable bonds is 4. The van der Waals surface area contributed by atoms with E-state index in [1.807, 2.05) is 11.8 Å². The molecule has 5 nitrogen and oxygen atoms in total. The predicted molar refractivity (Wildman–Crippen MR) is 71.1 cm³/mol. The van der Waals surface area contributed by atoms with Crippen LogP contribution in [0.4, 0.5) is 0 Å². The minimum Gasteiger partial charge on any atom is -0.339 e. The van der Waals surface area contributed by atoms with Crippen LogP contribution in [0.5, 0.6) is 0 Å². The normalized spacial score (nSPS) is 25.4. The summed E-state index contributed by atoms with van der Waals surface area (Å²) in [6.07, 6.45) is 7.45. The zero-order valence-corrected chi connectivity index (χ0v) is 11.7. The SMILES string of the molecule is CCONC(=O)[C@@H]1CC(=O)N(C2CCCCCC2)C1. The van der Waals surface area contributed by atoms with Crippen molar-refractivity contribution in [1.29, 1.82) is 0 Å². The van der Waals surface area contributed by atoms with Crippen molar-refractivity contribution in [3.63, 3.8) is 0 Å². The first-order chi connectivity index (χ1) is 9.22. The van der Waals surface area contributed by atoms with Crippen LogP contribution in [0.15, 0.2) is 0 Å². The topological polar surface area (TPSA) is 58.6 Å². The van der Waals surface area contributed by atoms with E-state index in [1.54, 1.807) is 0 Å². The molecule has 1 aliphatic heterocycles. The summed E-state index contributed by atoms with van der Waals surface area (Å²) in [7, 11) is 0. The molecule has 2 aliphatic rings. The lowest BCUT2D eigenvalue weighted by Gasteiger charge is -2.27. The van der Waals surface area contributed by atoms with Gasteiger partial charge in [-0.3, -0.25) is 14.4 Å². The molecule has 1 atom stereocenters. The van der Waals surface area contributed by atoms with Gasteiger partial charge in [-0.1, -0.05) is 25.7 Å². The molecule has 0 bridgehead atoms. The molecule has 1 heterocycles. The molecule has 0 unspecified atom stereocenters. The van der Waals surface area contributed by atoms with Crippen LogP contribution < -0.4 is 5.48 Å². The van der Waals surface area contributed by atoms with Gasteiger partial charge in [0.2, 0.25) is 11.8 Å². The molecule has 108 valence electrons. The molecule has 2 rings (SSSR count). The van der Waals surface area contributed by atoms with E-state index >= 15 is 0 Å². The Morgan fingerprint density at radius 2 is 2.00 bits per heavy atom. The van der Waals surface area contributed by atoms with Crippen molar-refractivity contribution in [3.05, 3.63) is 0 Å². The van der Waals surface area contributed by atoms with Crippen molar-refractivity contribution in [2.24, 2.45) is 5.92 Å². The van der Waals surface area contributed by atoms with Gasteiger partial charge < -0.3 is 4.90 Å². The summed E-state index contributed by atoms with van der Waals surface area (Å²) in [5.41, 5.74) is 2.41. The predicted octanol–water partition coefficient (Wildman–Crippen LogP) is 1.63. The second-order valence-corrected chi connectivity index (χ2v) is 5.49. The molecule has 19 heavy (non-hydrogen) atoms. The van der Waals surface area contributed by atoms with E-state index in [0.717, 1.165) is 12.8 Å². The summed E-state index contributed by atoms with van der Waals surface area (Å²) in [4.78, 5) is 30.8. The summed E-state index contributed by atoms with van der Waals surface area (Å²) in [6, 6.07) is 0.347. The lowest BCUT2D eigenvalue weighted by molar-refractivity contribution is -0.137. The van der Waals surface area contributed by atoms with E-state index in [4.69, 9.17) is 4.84 Å². The largest absolute Gasteiger partial charge is 0.339 e. The van der Waals surface area contributed by atoms with Gasteiger partial charge in [0.25, 0.3) is 0 Å². The van der Waals surface area contributed by atoms with Crippen LogP contribution in [0, 0.1) is 5.92 Å². The minimum atomic E-state index is -0.248. The van der Waals surface area contributed by atoms with Gasteiger partial charge in [0.05, 0.1) is 12.5 Å². The number of carbonyl (C=O) groups excluding carboxylic acids is 2. The Bertz CT molecular complexity index is 325. The van der Waals surface area contributed by atoms with E-state index in [0.29, 0.717) is 25.6 Å². The van der Waals surface area contributed by atoms with Gasteiger partial charge in [0, 0.05) is 19.0 Å². The maximum atomic E-state index is 12.1. The summed E-state index contributed by atoms with van der Waals surface area (Å²) < 4.78 is 0. The van der Waals surface area contributed by atoms with Crippen molar-refractivity contribution in [1.82, 2.24) is 10.4 Å². The lowest BCUT2D eigenvalue weighted by Crippen LogP contribution is -2.38. The Hall–Kier alpha value is -1.10. The van der Waals surface area contributed by atoms with Gasteiger partial charge in [-0.15, -0.1) is 0 Å². The van der Waals surface area contributed by atoms with Crippen LogP contribution in [0.1, 0.15) is 51.9 Å². The second kappa shape index (κ2) is 6.89. The molecule has 2 fully saturated rings. The number of hydrogen-bond acceptors (Lipinski definition) is 3. The number of hydroxylamine groups is 1. The van der Waals surface area contributed by atoms with Crippen LogP contribution >= 0.6 is 0 Å². The number of nitrogens with zero attached hydrogens (tertiary/aromatic N) is 1. The molecular formula is C14H24N2O3. The van der Waals surface area contributed by atoms with Gasteiger partial charge in [-0.25, -0.2) is 5.48 Å².